The highest BCUT2D eigenvalue weighted by Gasteiger charge is 2.50. The monoisotopic (exact) mass is 1140 g/mol. The fourth-order valence-electron chi connectivity index (χ4n) is 9.32. The molecule has 0 radical (unpaired) electrons. The SMILES string of the molecule is NCCC[C@H](N)CC(=O)NCCC[C@H](N)CC(=O)NCCC[C@H](N)CC(=O)NCCC[C@H](N)CC(=O)NCCC[C@H](N)CC(=O)NCCC[C@H](N)CC(=O)N[C@@H]1[C@H](O)[C@@H](OC(N)=O)[C@@H](CO)O[C@H]1NC1=N[C@@H]2C(=O)NC[C@@H](O)[C@H]2N1. The summed E-state index contributed by atoms with van der Waals surface area (Å²) in [4.78, 5) is 103. The molecule has 0 spiro atoms. The Morgan fingerprint density at radius 3 is 1.34 bits per heavy atom. The number of carbonyl (C=O) groups is 8. The van der Waals surface area contributed by atoms with E-state index in [2.05, 4.69) is 52.8 Å². The van der Waals surface area contributed by atoms with Crippen LogP contribution in [0.1, 0.15) is 116 Å². The number of hydrogen-bond acceptors (Lipinski definition) is 23. The molecule has 0 aromatic rings. The minimum Gasteiger partial charge on any atom is -0.441 e. The van der Waals surface area contributed by atoms with E-state index in [0.29, 0.717) is 103 Å². The molecule has 31 nitrogen and oxygen atoms in total. The van der Waals surface area contributed by atoms with Crippen LogP contribution >= 0.6 is 0 Å². The van der Waals surface area contributed by atoms with Crippen LogP contribution in [0, 0.1) is 0 Å². The molecule has 2 saturated heterocycles. The van der Waals surface area contributed by atoms with Crippen molar-refractivity contribution < 1.29 is 63.1 Å². The molecule has 8 amide bonds. The molecular formula is C49H94N18O13. The van der Waals surface area contributed by atoms with Crippen molar-refractivity contribution in [3.05, 3.63) is 0 Å². The molecule has 3 aliphatic rings. The van der Waals surface area contributed by atoms with Crippen molar-refractivity contribution >= 4 is 53.4 Å². The zero-order valence-electron chi connectivity index (χ0n) is 46.0. The molecule has 31 heteroatoms. The first kappa shape index (κ1) is 68.7. The highest BCUT2D eigenvalue weighted by molar-refractivity contribution is 5.93. The molecule has 3 aliphatic heterocycles. The summed E-state index contributed by atoms with van der Waals surface area (Å²) in [7, 11) is 0. The van der Waals surface area contributed by atoms with Crippen molar-refractivity contribution in [2.75, 3.05) is 52.4 Å². The molecule has 0 aromatic heterocycles. The molecular weight excluding hydrogens is 1050 g/mol. The van der Waals surface area contributed by atoms with Crippen molar-refractivity contribution in [2.24, 2.45) is 50.9 Å². The van der Waals surface area contributed by atoms with Crippen LogP contribution in [0.5, 0.6) is 0 Å². The molecule has 458 valence electrons. The van der Waals surface area contributed by atoms with Crippen LogP contribution in [0.4, 0.5) is 4.79 Å². The van der Waals surface area contributed by atoms with Gasteiger partial charge in [0.15, 0.2) is 24.3 Å². The number of primary amides is 1. The molecule has 0 aromatic carbocycles. The number of nitrogens with one attached hydrogen (secondary N) is 9. The number of guanidine groups is 1. The molecule has 28 N–H and O–H groups in total. The number of nitrogens with two attached hydrogens (primary N) is 8. The van der Waals surface area contributed by atoms with Crippen LogP contribution < -0.4 is 93.7 Å². The first-order valence-corrected chi connectivity index (χ1v) is 27.9. The van der Waals surface area contributed by atoms with E-state index in [1.54, 1.807) is 0 Å². The number of aliphatic hydroxyl groups excluding tert-OH is 3. The Morgan fingerprint density at radius 1 is 0.613 bits per heavy atom. The summed E-state index contributed by atoms with van der Waals surface area (Å²) in [6.07, 6.45) is -0.906. The standard InChI is InChI=1S/C49H94N18O13/c50-13-1-7-27(51)19-35(70)58-14-2-8-28(52)20-36(71)59-15-3-9-29(53)21-37(72)60-16-4-10-30(54)22-38(73)61-17-5-11-31(55)23-39(74)62-18-6-12-32(56)24-40(75)64-43-44(76)45(80-48(57)78)34(26-68)79-47(43)67-49-65-41-33(69)25-63-46(77)42(41)66-49/h27-34,41-45,47,68-69,76H,1-26,50-56H2,(H2,57,78)(H,58,70)(H,59,71)(H,60,72)(H,61,73)(H,62,74)(H,63,77)(H,64,75)(H2,65,66,67)/t27-,28-,29-,30-,31-,32-,33+,34+,41+,42-,43+,44-,45-,47+/m0/s1. The summed E-state index contributed by atoms with van der Waals surface area (Å²) in [5.41, 5.74) is 47.4. The van der Waals surface area contributed by atoms with Crippen molar-refractivity contribution in [2.45, 2.75) is 201 Å². The second kappa shape index (κ2) is 37.4. The van der Waals surface area contributed by atoms with Gasteiger partial charge < -0.3 is 119 Å². The maximum Gasteiger partial charge on any atom is 0.404 e. The number of β-amino-alcohol motifs (C(OH)–C–C–N with tert-alkyl or cyclic N) is 1. The van der Waals surface area contributed by atoms with Gasteiger partial charge in [0.05, 0.1) is 18.8 Å². The van der Waals surface area contributed by atoms with Crippen LogP contribution in [0.2, 0.25) is 0 Å². The Kier molecular flexibility index (Phi) is 32.1. The van der Waals surface area contributed by atoms with E-state index in [4.69, 9.17) is 55.3 Å². The average Bonchev–Trinajstić information content (AvgIpc) is 3.98. The minimum atomic E-state index is -1.65. The third-order valence-corrected chi connectivity index (χ3v) is 13.7. The van der Waals surface area contributed by atoms with Crippen molar-refractivity contribution in [3.8, 4) is 0 Å². The van der Waals surface area contributed by atoms with E-state index in [0.717, 1.165) is 6.42 Å². The number of ether oxygens (including phenoxy) is 2. The van der Waals surface area contributed by atoms with E-state index in [1.165, 1.54) is 0 Å². The van der Waals surface area contributed by atoms with E-state index >= 15 is 0 Å². The summed E-state index contributed by atoms with van der Waals surface area (Å²) in [6.45, 7) is 1.64. The van der Waals surface area contributed by atoms with Gasteiger partial charge in [-0.1, -0.05) is 0 Å². The number of nitrogens with zero attached hydrogens (tertiary/aromatic N) is 1. The van der Waals surface area contributed by atoms with Gasteiger partial charge in [0.2, 0.25) is 41.4 Å². The van der Waals surface area contributed by atoms with Crippen LogP contribution in [0.25, 0.3) is 0 Å². The van der Waals surface area contributed by atoms with Crippen LogP contribution in [0.15, 0.2) is 4.99 Å². The van der Waals surface area contributed by atoms with Crippen molar-refractivity contribution in [1.29, 1.82) is 0 Å². The first-order chi connectivity index (χ1) is 38.1. The molecule has 0 saturated carbocycles. The summed E-state index contributed by atoms with van der Waals surface area (Å²) < 4.78 is 10.9. The predicted molar refractivity (Wildman–Crippen MR) is 294 cm³/mol. The third kappa shape index (κ3) is 27.2. The Bertz CT molecular complexity index is 1980. The molecule has 3 rings (SSSR count). The van der Waals surface area contributed by atoms with Gasteiger partial charge in [-0.05, 0) is 83.6 Å². The fourth-order valence-corrected chi connectivity index (χ4v) is 9.32. The van der Waals surface area contributed by atoms with Gasteiger partial charge >= 0.3 is 6.09 Å². The van der Waals surface area contributed by atoms with Gasteiger partial charge in [-0.2, -0.15) is 0 Å². The van der Waals surface area contributed by atoms with Gasteiger partial charge in [0.25, 0.3) is 0 Å². The quantitative estimate of drug-likeness (QED) is 0.0254. The van der Waals surface area contributed by atoms with Crippen molar-refractivity contribution in [1.82, 2.24) is 47.9 Å². The minimum absolute atomic E-state index is 0.000522. The average molecular weight is 1140 g/mol. The zero-order valence-corrected chi connectivity index (χ0v) is 46.0. The maximum absolute atomic E-state index is 13.2. The molecule has 0 bridgehead atoms. The zero-order chi connectivity index (χ0) is 59.1. The van der Waals surface area contributed by atoms with Crippen LogP contribution in [0.3, 0.4) is 0 Å². The lowest BCUT2D eigenvalue weighted by molar-refractivity contribution is -0.198. The second-order valence-electron chi connectivity index (χ2n) is 21.0. The summed E-state index contributed by atoms with van der Waals surface area (Å²) >= 11 is 0. The van der Waals surface area contributed by atoms with E-state index < -0.39 is 91.4 Å². The van der Waals surface area contributed by atoms with Crippen LogP contribution in [-0.4, -0.2) is 206 Å². The Hall–Kier alpha value is -5.61. The van der Waals surface area contributed by atoms with Gasteiger partial charge in [0.1, 0.15) is 18.2 Å². The highest BCUT2D eigenvalue weighted by Crippen LogP contribution is 2.24. The van der Waals surface area contributed by atoms with Gasteiger partial charge in [0, 0.05) is 114 Å². The van der Waals surface area contributed by atoms with E-state index in [9.17, 15) is 53.7 Å². The topological polar surface area (TPSA) is 544 Å². The predicted octanol–water partition coefficient (Wildman–Crippen LogP) is -7.68. The van der Waals surface area contributed by atoms with Crippen molar-refractivity contribution in [3.63, 3.8) is 0 Å². The lowest BCUT2D eigenvalue weighted by Crippen LogP contribution is -2.70. The number of amides is 8. The highest BCUT2D eigenvalue weighted by atomic mass is 16.6. The Balaban J connectivity index is 1.20. The number of fused-ring (bicyclic) bond motifs is 1. The van der Waals surface area contributed by atoms with Crippen LogP contribution in [-0.2, 0) is 43.0 Å². The molecule has 0 aliphatic carbocycles. The number of aliphatic imine (C=N–C) groups is 1. The number of carbonyl (C=O) groups excluding carboxylic acids is 8. The maximum atomic E-state index is 13.2. The van der Waals surface area contributed by atoms with Gasteiger partial charge in [-0.25, -0.2) is 9.79 Å². The Morgan fingerprint density at radius 2 is 0.988 bits per heavy atom. The molecule has 3 heterocycles. The summed E-state index contributed by atoms with van der Waals surface area (Å²) in [5, 5.41) is 56.6. The number of hydrogen-bond donors (Lipinski definition) is 20. The lowest BCUT2D eigenvalue weighted by atomic mass is 9.95. The largest absolute Gasteiger partial charge is 0.441 e. The molecule has 80 heavy (non-hydrogen) atoms. The molecule has 0 unspecified atom stereocenters. The Labute approximate surface area is 467 Å². The smallest absolute Gasteiger partial charge is 0.404 e. The van der Waals surface area contributed by atoms with Gasteiger partial charge in [-0.3, -0.25) is 33.6 Å². The first-order valence-electron chi connectivity index (χ1n) is 27.9. The molecule has 14 atom stereocenters. The third-order valence-electron chi connectivity index (χ3n) is 13.7. The number of rotatable bonds is 39. The normalized spacial score (nSPS) is 23.7. The molecule has 2 fully saturated rings. The summed E-state index contributed by atoms with van der Waals surface area (Å²) in [6, 6.07) is -5.56. The fraction of sp³-hybridized carbons (Fsp3) is 0.816. The van der Waals surface area contributed by atoms with E-state index in [-0.39, 0.29) is 105 Å². The van der Waals surface area contributed by atoms with Gasteiger partial charge in [-0.15, -0.1) is 0 Å². The number of piperidine rings is 1. The lowest BCUT2D eigenvalue weighted by Gasteiger charge is -2.44. The second-order valence-corrected chi connectivity index (χ2v) is 21.0. The summed E-state index contributed by atoms with van der Waals surface area (Å²) in [5.74, 6) is -2.05. The number of aliphatic hydroxyl groups is 3. The van der Waals surface area contributed by atoms with E-state index in [1.807, 2.05) is 0 Å².